The standard InChI is InChI=1S/C33H36N2O2/c1-24(2)34-33(37)31(22-26-12-5-4-6-13-26)35(23-27-14-9-11-25(3)21-27)32(36)20-19-29-17-10-16-28-15-7-8-18-30(28)29/h4-18,21,24,31H,19-20,22-23H2,1-3H3,(H,34,37)/t31-/m1/s1. The van der Waals surface area contributed by atoms with Gasteiger partial charge < -0.3 is 10.2 Å². The Morgan fingerprint density at radius 2 is 1.49 bits per heavy atom. The number of hydrogen-bond acceptors (Lipinski definition) is 2. The van der Waals surface area contributed by atoms with Gasteiger partial charge in [0.05, 0.1) is 0 Å². The normalized spacial score (nSPS) is 11.9. The van der Waals surface area contributed by atoms with Gasteiger partial charge in [-0.3, -0.25) is 9.59 Å². The molecule has 0 aliphatic carbocycles. The quantitative estimate of drug-likeness (QED) is 0.285. The minimum absolute atomic E-state index is 0.0163. The topological polar surface area (TPSA) is 49.4 Å². The molecule has 0 radical (unpaired) electrons. The number of rotatable bonds is 10. The second-order valence-corrected chi connectivity index (χ2v) is 10.0. The summed E-state index contributed by atoms with van der Waals surface area (Å²) in [7, 11) is 0. The first-order valence-electron chi connectivity index (χ1n) is 13.1. The van der Waals surface area contributed by atoms with Crippen molar-refractivity contribution in [3.05, 3.63) is 119 Å². The summed E-state index contributed by atoms with van der Waals surface area (Å²) < 4.78 is 0. The predicted octanol–water partition coefficient (Wildman–Crippen LogP) is 6.25. The lowest BCUT2D eigenvalue weighted by molar-refractivity contribution is -0.141. The molecule has 0 unspecified atom stereocenters. The van der Waals surface area contributed by atoms with Crippen molar-refractivity contribution >= 4 is 22.6 Å². The summed E-state index contributed by atoms with van der Waals surface area (Å²) in [5.41, 5.74) is 4.33. The number of benzene rings is 4. The summed E-state index contributed by atoms with van der Waals surface area (Å²) in [4.78, 5) is 29.2. The molecule has 0 bridgehead atoms. The van der Waals surface area contributed by atoms with Crippen LogP contribution in [-0.2, 0) is 29.0 Å². The van der Waals surface area contributed by atoms with Gasteiger partial charge >= 0.3 is 0 Å². The molecular formula is C33H36N2O2. The van der Waals surface area contributed by atoms with E-state index in [4.69, 9.17) is 0 Å². The first-order chi connectivity index (χ1) is 17.9. The maximum absolute atomic E-state index is 13.9. The smallest absolute Gasteiger partial charge is 0.243 e. The molecule has 4 rings (SSSR count). The van der Waals surface area contributed by atoms with E-state index in [0.717, 1.165) is 22.3 Å². The lowest BCUT2D eigenvalue weighted by Crippen LogP contribution is -2.51. The van der Waals surface area contributed by atoms with Gasteiger partial charge in [-0.15, -0.1) is 0 Å². The molecule has 0 fully saturated rings. The molecule has 4 aromatic carbocycles. The Morgan fingerprint density at radius 3 is 2.24 bits per heavy atom. The molecule has 1 atom stereocenters. The van der Waals surface area contributed by atoms with Crippen LogP contribution in [0.3, 0.4) is 0 Å². The van der Waals surface area contributed by atoms with Crippen molar-refractivity contribution < 1.29 is 9.59 Å². The van der Waals surface area contributed by atoms with Gasteiger partial charge in [-0.1, -0.05) is 103 Å². The first kappa shape index (κ1) is 26.2. The summed E-state index contributed by atoms with van der Waals surface area (Å²) in [6, 6.07) is 32.0. The Hall–Kier alpha value is -3.92. The molecule has 0 saturated carbocycles. The number of nitrogens with zero attached hydrogens (tertiary/aromatic N) is 1. The highest BCUT2D eigenvalue weighted by atomic mass is 16.2. The molecule has 0 aromatic heterocycles. The molecule has 0 aliphatic rings. The monoisotopic (exact) mass is 492 g/mol. The molecule has 0 heterocycles. The van der Waals surface area contributed by atoms with Crippen molar-refractivity contribution in [2.45, 2.75) is 58.7 Å². The van der Waals surface area contributed by atoms with Crippen LogP contribution in [0.4, 0.5) is 0 Å². The molecular weight excluding hydrogens is 456 g/mol. The lowest BCUT2D eigenvalue weighted by atomic mass is 9.99. The van der Waals surface area contributed by atoms with Gasteiger partial charge in [0, 0.05) is 25.4 Å². The number of aryl methyl sites for hydroxylation is 2. The number of carbonyl (C=O) groups is 2. The Bertz CT molecular complexity index is 1340. The fourth-order valence-electron chi connectivity index (χ4n) is 4.84. The Morgan fingerprint density at radius 1 is 0.811 bits per heavy atom. The van der Waals surface area contributed by atoms with Gasteiger partial charge in [-0.25, -0.2) is 0 Å². The van der Waals surface area contributed by atoms with E-state index in [-0.39, 0.29) is 17.9 Å². The summed E-state index contributed by atoms with van der Waals surface area (Å²) in [6.07, 6.45) is 1.42. The summed E-state index contributed by atoms with van der Waals surface area (Å²) in [5, 5.41) is 5.40. The Balaban J connectivity index is 1.64. The van der Waals surface area contributed by atoms with Gasteiger partial charge in [0.25, 0.3) is 0 Å². The van der Waals surface area contributed by atoms with Crippen molar-refractivity contribution in [1.29, 1.82) is 0 Å². The van der Waals surface area contributed by atoms with E-state index in [9.17, 15) is 9.59 Å². The van der Waals surface area contributed by atoms with Crippen LogP contribution in [0.15, 0.2) is 97.1 Å². The van der Waals surface area contributed by atoms with Gasteiger partial charge in [0.1, 0.15) is 6.04 Å². The average Bonchev–Trinajstić information content (AvgIpc) is 2.89. The largest absolute Gasteiger partial charge is 0.352 e. The van der Waals surface area contributed by atoms with Crippen molar-refractivity contribution in [2.75, 3.05) is 0 Å². The van der Waals surface area contributed by atoms with Crippen LogP contribution in [-0.4, -0.2) is 28.8 Å². The maximum atomic E-state index is 13.9. The number of fused-ring (bicyclic) bond motifs is 1. The van der Waals surface area contributed by atoms with Crippen LogP contribution >= 0.6 is 0 Å². The highest BCUT2D eigenvalue weighted by Gasteiger charge is 2.30. The molecule has 0 aliphatic heterocycles. The van der Waals surface area contributed by atoms with Crippen molar-refractivity contribution in [3.8, 4) is 0 Å². The number of hydrogen-bond donors (Lipinski definition) is 1. The molecule has 0 spiro atoms. The third-order valence-corrected chi connectivity index (χ3v) is 6.63. The SMILES string of the molecule is Cc1cccc(CN(C(=O)CCc2cccc3ccccc23)[C@H](Cc2ccccc2)C(=O)NC(C)C)c1. The fraction of sp³-hybridized carbons (Fsp3) is 0.273. The van der Waals surface area contributed by atoms with Crippen molar-refractivity contribution in [2.24, 2.45) is 0 Å². The Kier molecular flexibility index (Phi) is 8.73. The van der Waals surface area contributed by atoms with E-state index in [1.165, 1.54) is 10.8 Å². The van der Waals surface area contributed by atoms with Crippen LogP contribution in [0.2, 0.25) is 0 Å². The van der Waals surface area contributed by atoms with E-state index in [1.54, 1.807) is 4.90 Å². The molecule has 0 saturated heterocycles. The van der Waals surface area contributed by atoms with Gasteiger partial charge in [-0.2, -0.15) is 0 Å². The number of carbonyl (C=O) groups excluding carboxylic acids is 2. The van der Waals surface area contributed by atoms with Crippen LogP contribution in [0, 0.1) is 6.92 Å². The molecule has 4 nitrogen and oxygen atoms in total. The van der Waals surface area contributed by atoms with Gasteiger partial charge in [0.2, 0.25) is 11.8 Å². The summed E-state index contributed by atoms with van der Waals surface area (Å²) in [5.74, 6) is -0.140. The zero-order chi connectivity index (χ0) is 26.2. The summed E-state index contributed by atoms with van der Waals surface area (Å²) in [6.45, 7) is 6.33. The molecule has 37 heavy (non-hydrogen) atoms. The number of amides is 2. The summed E-state index contributed by atoms with van der Waals surface area (Å²) >= 11 is 0. The van der Waals surface area contributed by atoms with E-state index >= 15 is 0 Å². The lowest BCUT2D eigenvalue weighted by Gasteiger charge is -2.32. The van der Waals surface area contributed by atoms with E-state index in [2.05, 4.69) is 35.6 Å². The molecule has 4 heteroatoms. The van der Waals surface area contributed by atoms with E-state index < -0.39 is 6.04 Å². The number of nitrogens with one attached hydrogen (secondary N) is 1. The minimum atomic E-state index is -0.606. The third kappa shape index (κ3) is 7.07. The van der Waals surface area contributed by atoms with E-state index in [1.807, 2.05) is 87.5 Å². The minimum Gasteiger partial charge on any atom is -0.352 e. The maximum Gasteiger partial charge on any atom is 0.243 e. The van der Waals surface area contributed by atoms with E-state index in [0.29, 0.717) is 25.8 Å². The fourth-order valence-corrected chi connectivity index (χ4v) is 4.84. The van der Waals surface area contributed by atoms with Crippen LogP contribution in [0.25, 0.3) is 10.8 Å². The Labute approximate surface area is 220 Å². The van der Waals surface area contributed by atoms with Crippen molar-refractivity contribution in [3.63, 3.8) is 0 Å². The molecule has 190 valence electrons. The zero-order valence-electron chi connectivity index (χ0n) is 22.0. The molecule has 2 amide bonds. The average molecular weight is 493 g/mol. The zero-order valence-corrected chi connectivity index (χ0v) is 22.0. The van der Waals surface area contributed by atoms with Crippen LogP contribution in [0.1, 0.15) is 42.5 Å². The highest BCUT2D eigenvalue weighted by Crippen LogP contribution is 2.22. The second kappa shape index (κ2) is 12.4. The van der Waals surface area contributed by atoms with Crippen LogP contribution in [0.5, 0.6) is 0 Å². The van der Waals surface area contributed by atoms with Gasteiger partial charge in [0.15, 0.2) is 0 Å². The second-order valence-electron chi connectivity index (χ2n) is 10.0. The first-order valence-corrected chi connectivity index (χ1v) is 13.1. The highest BCUT2D eigenvalue weighted by molar-refractivity contribution is 5.89. The molecule has 4 aromatic rings. The van der Waals surface area contributed by atoms with Gasteiger partial charge in [-0.05, 0) is 54.7 Å². The predicted molar refractivity (Wildman–Crippen MR) is 151 cm³/mol. The third-order valence-electron chi connectivity index (χ3n) is 6.63. The van der Waals surface area contributed by atoms with Crippen molar-refractivity contribution in [1.82, 2.24) is 10.2 Å². The van der Waals surface area contributed by atoms with Crippen LogP contribution < -0.4 is 5.32 Å². The molecule has 1 N–H and O–H groups in total.